The van der Waals surface area contributed by atoms with Crippen LogP contribution in [0.15, 0.2) is 24.3 Å². The predicted octanol–water partition coefficient (Wildman–Crippen LogP) is 3.77. The van der Waals surface area contributed by atoms with Crippen LogP contribution in [0.5, 0.6) is 0 Å². The molecule has 0 fully saturated rings. The first-order chi connectivity index (χ1) is 16.4. The molecule has 35 heavy (non-hydrogen) atoms. The first kappa shape index (κ1) is 30.0. The van der Waals surface area contributed by atoms with E-state index in [1.165, 1.54) is 6.92 Å². The molecule has 1 rings (SSSR count). The summed E-state index contributed by atoms with van der Waals surface area (Å²) in [6.07, 6.45) is 1.33. The number of rotatable bonds is 16. The highest BCUT2D eigenvalue weighted by Gasteiger charge is 2.29. The smallest absolute Gasteiger partial charge is 0.312 e. The maximum atomic E-state index is 13.2. The van der Waals surface area contributed by atoms with Crippen LogP contribution in [0, 0.1) is 23.7 Å². The monoisotopic (exact) mass is 488 g/mol. The Bertz CT molecular complexity index is 876. The molecule has 0 saturated carbocycles. The molecular weight excluding hydrogens is 448 g/mol. The molecule has 0 aliphatic heterocycles. The molecule has 1 aromatic carbocycles. The van der Waals surface area contributed by atoms with Crippen LogP contribution < -0.4 is 11.1 Å². The second kappa shape index (κ2) is 15.1. The minimum Gasteiger partial charge on any atom is -0.461 e. The number of ether oxygens (including phenoxy) is 1. The number of primary amides is 1. The number of nitrogens with two attached hydrogens (primary N) is 1. The Morgan fingerprint density at radius 2 is 1.51 bits per heavy atom. The average molecular weight is 489 g/mol. The van der Waals surface area contributed by atoms with E-state index in [4.69, 9.17) is 10.5 Å². The molecule has 0 saturated heterocycles. The largest absolute Gasteiger partial charge is 0.461 e. The van der Waals surface area contributed by atoms with Crippen LogP contribution in [-0.2, 0) is 36.9 Å². The van der Waals surface area contributed by atoms with Gasteiger partial charge < -0.3 is 20.6 Å². The SMILES string of the molecule is CC(=O)C[C@H](C(=O)C[C@@H](CCCNC(N)=O)C(=O)Cc1ccc(COC(=O)C(C)C)cc1)C(C)C. The van der Waals surface area contributed by atoms with Gasteiger partial charge in [0, 0.05) is 37.6 Å². The van der Waals surface area contributed by atoms with E-state index in [0.717, 1.165) is 11.1 Å². The van der Waals surface area contributed by atoms with Crippen LogP contribution in [0.4, 0.5) is 4.79 Å². The predicted molar refractivity (Wildman–Crippen MR) is 133 cm³/mol. The Morgan fingerprint density at radius 3 is 2.03 bits per heavy atom. The lowest BCUT2D eigenvalue weighted by Gasteiger charge is -2.22. The van der Waals surface area contributed by atoms with Gasteiger partial charge in [0.25, 0.3) is 0 Å². The minimum atomic E-state index is -0.635. The maximum absolute atomic E-state index is 13.2. The summed E-state index contributed by atoms with van der Waals surface area (Å²) in [7, 11) is 0. The number of hydrogen-bond donors (Lipinski definition) is 2. The molecule has 8 nitrogen and oxygen atoms in total. The van der Waals surface area contributed by atoms with E-state index in [2.05, 4.69) is 5.32 Å². The molecule has 2 amide bonds. The number of Topliss-reactive ketones (excluding diaryl/α,β-unsaturated/α-hetero) is 3. The van der Waals surface area contributed by atoms with Gasteiger partial charge in [-0.1, -0.05) is 52.0 Å². The van der Waals surface area contributed by atoms with Crippen molar-refractivity contribution >= 4 is 29.4 Å². The molecule has 0 aliphatic carbocycles. The molecule has 0 aromatic heterocycles. The molecule has 0 unspecified atom stereocenters. The summed E-state index contributed by atoms with van der Waals surface area (Å²) in [6.45, 7) is 9.30. The van der Waals surface area contributed by atoms with Crippen molar-refractivity contribution in [2.45, 2.75) is 73.3 Å². The molecule has 1 aromatic rings. The van der Waals surface area contributed by atoms with Crippen molar-refractivity contribution in [2.75, 3.05) is 6.54 Å². The van der Waals surface area contributed by atoms with Gasteiger partial charge in [-0.25, -0.2) is 4.79 Å². The number of carbonyl (C=O) groups is 5. The van der Waals surface area contributed by atoms with Gasteiger partial charge in [0.05, 0.1) is 5.92 Å². The summed E-state index contributed by atoms with van der Waals surface area (Å²) < 4.78 is 5.23. The summed E-state index contributed by atoms with van der Waals surface area (Å²) in [6, 6.07) is 6.63. The van der Waals surface area contributed by atoms with Gasteiger partial charge >= 0.3 is 12.0 Å². The van der Waals surface area contributed by atoms with E-state index in [1.807, 2.05) is 38.1 Å². The van der Waals surface area contributed by atoms with Crippen molar-refractivity contribution in [1.82, 2.24) is 5.32 Å². The molecule has 0 spiro atoms. The summed E-state index contributed by atoms with van der Waals surface area (Å²) in [5, 5.41) is 2.51. The molecule has 0 bridgehead atoms. The van der Waals surface area contributed by atoms with Crippen LogP contribution in [0.3, 0.4) is 0 Å². The second-order valence-electron chi connectivity index (χ2n) is 9.78. The van der Waals surface area contributed by atoms with Crippen molar-refractivity contribution in [3.05, 3.63) is 35.4 Å². The quantitative estimate of drug-likeness (QED) is 0.269. The van der Waals surface area contributed by atoms with Crippen molar-refractivity contribution in [3.8, 4) is 0 Å². The molecule has 2 atom stereocenters. The molecule has 0 heterocycles. The average Bonchev–Trinajstić information content (AvgIpc) is 2.77. The second-order valence-corrected chi connectivity index (χ2v) is 9.78. The van der Waals surface area contributed by atoms with Crippen LogP contribution in [0.1, 0.15) is 71.4 Å². The molecule has 8 heteroatoms. The number of urea groups is 1. The Balaban J connectivity index is 2.86. The Hall–Kier alpha value is -3.03. The minimum absolute atomic E-state index is 0.00368. The zero-order valence-corrected chi connectivity index (χ0v) is 21.6. The van der Waals surface area contributed by atoms with E-state index >= 15 is 0 Å². The number of hydrogen-bond acceptors (Lipinski definition) is 6. The summed E-state index contributed by atoms with van der Waals surface area (Å²) >= 11 is 0. The van der Waals surface area contributed by atoms with Crippen molar-refractivity contribution in [2.24, 2.45) is 29.4 Å². The number of amides is 2. The van der Waals surface area contributed by atoms with Crippen LogP contribution >= 0.6 is 0 Å². The molecule has 3 N–H and O–H groups in total. The van der Waals surface area contributed by atoms with Crippen LogP contribution in [-0.4, -0.2) is 35.9 Å². The van der Waals surface area contributed by atoms with Gasteiger partial charge in [-0.2, -0.15) is 0 Å². The van der Waals surface area contributed by atoms with E-state index < -0.39 is 17.9 Å². The van der Waals surface area contributed by atoms with Gasteiger partial charge in [-0.15, -0.1) is 0 Å². The fourth-order valence-electron chi connectivity index (χ4n) is 3.78. The third-order valence-electron chi connectivity index (χ3n) is 5.91. The number of benzene rings is 1. The number of nitrogens with one attached hydrogen (secondary N) is 1. The summed E-state index contributed by atoms with van der Waals surface area (Å²) in [5.74, 6) is -1.61. The topological polar surface area (TPSA) is 133 Å². The molecule has 194 valence electrons. The first-order valence-corrected chi connectivity index (χ1v) is 12.2. The maximum Gasteiger partial charge on any atom is 0.312 e. The highest BCUT2D eigenvalue weighted by Crippen LogP contribution is 2.24. The van der Waals surface area contributed by atoms with Gasteiger partial charge in [-0.3, -0.25) is 14.4 Å². The van der Waals surface area contributed by atoms with Crippen molar-refractivity contribution in [3.63, 3.8) is 0 Å². The normalized spacial score (nSPS) is 12.8. The molecule has 0 radical (unpaired) electrons. The van der Waals surface area contributed by atoms with Gasteiger partial charge in [0.15, 0.2) is 0 Å². The van der Waals surface area contributed by atoms with E-state index in [9.17, 15) is 24.0 Å². The van der Waals surface area contributed by atoms with E-state index in [0.29, 0.717) is 19.4 Å². The fourth-order valence-corrected chi connectivity index (χ4v) is 3.78. The zero-order valence-electron chi connectivity index (χ0n) is 21.6. The lowest BCUT2D eigenvalue weighted by molar-refractivity contribution is -0.148. The standard InChI is InChI=1S/C27H40N2O6/c1-17(2)23(13-19(5)30)25(32)15-22(7-6-12-29-27(28)34)24(31)14-20-8-10-21(11-9-20)16-35-26(33)18(3)4/h8-11,17-18,22-23H,6-7,12-16H2,1-5H3,(H3,28,29,34)/t22-,23+/m1/s1. The molecule has 0 aliphatic rings. The molecular formula is C27H40N2O6. The van der Waals surface area contributed by atoms with Crippen molar-refractivity contribution < 1.29 is 28.7 Å². The fraction of sp³-hybridized carbons (Fsp3) is 0.593. The highest BCUT2D eigenvalue weighted by molar-refractivity contribution is 5.92. The Kier molecular flexibility index (Phi) is 12.9. The summed E-state index contributed by atoms with van der Waals surface area (Å²) in [5.41, 5.74) is 6.73. The number of esters is 1. The highest BCUT2D eigenvalue weighted by atomic mass is 16.5. The van der Waals surface area contributed by atoms with E-state index in [-0.39, 0.29) is 61.0 Å². The Labute approximate surface area is 208 Å². The third-order valence-corrected chi connectivity index (χ3v) is 5.91. The van der Waals surface area contributed by atoms with Gasteiger partial charge in [0.1, 0.15) is 24.0 Å². The number of carbonyl (C=O) groups excluding carboxylic acids is 5. The Morgan fingerprint density at radius 1 is 0.914 bits per heavy atom. The van der Waals surface area contributed by atoms with Crippen LogP contribution in [0.25, 0.3) is 0 Å². The lowest BCUT2D eigenvalue weighted by Crippen LogP contribution is -2.31. The third kappa shape index (κ3) is 11.8. The zero-order chi connectivity index (χ0) is 26.5. The van der Waals surface area contributed by atoms with Gasteiger partial charge in [-0.05, 0) is 36.8 Å². The van der Waals surface area contributed by atoms with Gasteiger partial charge in [0.2, 0.25) is 0 Å². The van der Waals surface area contributed by atoms with E-state index in [1.54, 1.807) is 13.8 Å². The van der Waals surface area contributed by atoms with Crippen molar-refractivity contribution in [1.29, 1.82) is 0 Å². The van der Waals surface area contributed by atoms with Crippen LogP contribution in [0.2, 0.25) is 0 Å². The first-order valence-electron chi connectivity index (χ1n) is 12.2. The number of ketones is 3. The lowest BCUT2D eigenvalue weighted by atomic mass is 9.80. The summed E-state index contributed by atoms with van der Waals surface area (Å²) in [4.78, 5) is 60.4.